The highest BCUT2D eigenvalue weighted by molar-refractivity contribution is 6.32. The highest BCUT2D eigenvalue weighted by Gasteiger charge is 2.22. The van der Waals surface area contributed by atoms with Crippen molar-refractivity contribution in [2.75, 3.05) is 16.8 Å². The molecule has 1 aliphatic rings. The maximum absolute atomic E-state index is 9.04. The van der Waals surface area contributed by atoms with E-state index in [9.17, 15) is 0 Å². The van der Waals surface area contributed by atoms with Crippen molar-refractivity contribution in [2.24, 2.45) is 0 Å². The minimum atomic E-state index is 0.469. The predicted molar refractivity (Wildman–Crippen MR) is 105 cm³/mol. The van der Waals surface area contributed by atoms with E-state index >= 15 is 0 Å². The van der Waals surface area contributed by atoms with Gasteiger partial charge in [0.15, 0.2) is 0 Å². The molecule has 0 aliphatic carbocycles. The highest BCUT2D eigenvalue weighted by Crippen LogP contribution is 2.30. The number of aromatic nitrogens is 3. The summed E-state index contributed by atoms with van der Waals surface area (Å²) in [7, 11) is 0. The third-order valence-corrected chi connectivity index (χ3v) is 4.92. The number of anilines is 3. The Balaban J connectivity index is 1.58. The van der Waals surface area contributed by atoms with Gasteiger partial charge in [0.1, 0.15) is 24.0 Å². The van der Waals surface area contributed by atoms with Gasteiger partial charge in [0.25, 0.3) is 0 Å². The molecule has 1 aromatic carbocycles. The van der Waals surface area contributed by atoms with Gasteiger partial charge in [0.05, 0.1) is 22.8 Å². The lowest BCUT2D eigenvalue weighted by Gasteiger charge is -2.30. The molecule has 2 aromatic heterocycles. The van der Waals surface area contributed by atoms with E-state index in [0.29, 0.717) is 17.1 Å². The van der Waals surface area contributed by atoms with Crippen molar-refractivity contribution in [1.82, 2.24) is 15.0 Å². The summed E-state index contributed by atoms with van der Waals surface area (Å²) in [5.41, 5.74) is 4.67. The minimum Gasteiger partial charge on any atom is -0.365 e. The number of pyridine rings is 1. The van der Waals surface area contributed by atoms with Crippen LogP contribution in [0.3, 0.4) is 0 Å². The molecule has 6 nitrogen and oxygen atoms in total. The fraction of sp³-hybridized carbons (Fsp3) is 0.200. The van der Waals surface area contributed by atoms with Gasteiger partial charge < -0.3 is 10.2 Å². The largest absolute Gasteiger partial charge is 0.365 e. The molecule has 0 atom stereocenters. The summed E-state index contributed by atoms with van der Waals surface area (Å²) in [6, 6.07) is 11.6. The standard InChI is InChI=1S/C20H17ClN6/c1-13-2-5-19(23-10-13)26-20-16-6-7-27(11-18(16)24-12-25-20)15-4-3-14(9-22)17(21)8-15/h2-5,8,10,12H,6-7,11H2,1H3,(H,23,24,25,26). The number of aryl methyl sites for hydroxylation is 1. The molecule has 3 heterocycles. The predicted octanol–water partition coefficient (Wildman–Crippen LogP) is 4.01. The van der Waals surface area contributed by atoms with Crippen molar-refractivity contribution in [2.45, 2.75) is 19.9 Å². The molecule has 0 saturated heterocycles. The second kappa shape index (κ2) is 7.22. The smallest absolute Gasteiger partial charge is 0.138 e. The summed E-state index contributed by atoms with van der Waals surface area (Å²) in [6.45, 7) is 3.49. The van der Waals surface area contributed by atoms with Crippen molar-refractivity contribution in [3.63, 3.8) is 0 Å². The van der Waals surface area contributed by atoms with Crippen molar-refractivity contribution in [1.29, 1.82) is 5.26 Å². The lowest BCUT2D eigenvalue weighted by molar-refractivity contribution is 0.705. The van der Waals surface area contributed by atoms with Crippen LogP contribution in [0, 0.1) is 18.3 Å². The van der Waals surface area contributed by atoms with Crippen LogP contribution in [0.2, 0.25) is 5.02 Å². The van der Waals surface area contributed by atoms with Gasteiger partial charge in [0.2, 0.25) is 0 Å². The number of rotatable bonds is 3. The molecule has 1 aliphatic heterocycles. The van der Waals surface area contributed by atoms with Crippen LogP contribution in [0.15, 0.2) is 42.9 Å². The molecule has 0 fully saturated rings. The van der Waals surface area contributed by atoms with Gasteiger partial charge in [-0.05, 0) is 43.2 Å². The van der Waals surface area contributed by atoms with E-state index in [1.165, 1.54) is 0 Å². The Morgan fingerprint density at radius 3 is 2.81 bits per heavy atom. The van der Waals surface area contributed by atoms with Gasteiger partial charge in [-0.2, -0.15) is 5.26 Å². The molecule has 27 heavy (non-hydrogen) atoms. The van der Waals surface area contributed by atoms with Crippen LogP contribution in [0.25, 0.3) is 0 Å². The Bertz CT molecular complexity index is 1030. The minimum absolute atomic E-state index is 0.469. The molecule has 0 bridgehead atoms. The number of hydrogen-bond donors (Lipinski definition) is 1. The van der Waals surface area contributed by atoms with Crippen molar-refractivity contribution < 1.29 is 0 Å². The van der Waals surface area contributed by atoms with Crippen molar-refractivity contribution in [3.05, 3.63) is 70.3 Å². The molecule has 7 heteroatoms. The van der Waals surface area contributed by atoms with Crippen LogP contribution in [0.5, 0.6) is 0 Å². The summed E-state index contributed by atoms with van der Waals surface area (Å²) >= 11 is 6.18. The molecule has 0 amide bonds. The molecule has 1 N–H and O–H groups in total. The number of hydrogen-bond acceptors (Lipinski definition) is 6. The summed E-state index contributed by atoms with van der Waals surface area (Å²) < 4.78 is 0. The molecule has 0 radical (unpaired) electrons. The third kappa shape index (κ3) is 3.55. The first-order valence-corrected chi connectivity index (χ1v) is 8.99. The molecular weight excluding hydrogens is 360 g/mol. The number of fused-ring (bicyclic) bond motifs is 1. The molecule has 0 unspecified atom stereocenters. The van der Waals surface area contributed by atoms with Crippen LogP contribution in [-0.2, 0) is 13.0 Å². The monoisotopic (exact) mass is 376 g/mol. The van der Waals surface area contributed by atoms with Crippen LogP contribution in [0.1, 0.15) is 22.4 Å². The maximum atomic E-state index is 9.04. The first-order valence-electron chi connectivity index (χ1n) is 8.61. The molecule has 0 spiro atoms. The molecule has 4 rings (SSSR count). The first-order chi connectivity index (χ1) is 13.1. The summed E-state index contributed by atoms with van der Waals surface area (Å²) in [4.78, 5) is 15.5. The molecule has 134 valence electrons. The van der Waals surface area contributed by atoms with E-state index in [2.05, 4.69) is 31.2 Å². The summed E-state index contributed by atoms with van der Waals surface area (Å²) in [6.07, 6.45) is 4.21. The molecule has 0 saturated carbocycles. The van der Waals surface area contributed by atoms with E-state index in [1.807, 2.05) is 37.4 Å². The first kappa shape index (κ1) is 17.3. The van der Waals surface area contributed by atoms with Gasteiger partial charge >= 0.3 is 0 Å². The van der Waals surface area contributed by atoms with E-state index < -0.39 is 0 Å². The number of halogens is 1. The highest BCUT2D eigenvalue weighted by atomic mass is 35.5. The Morgan fingerprint density at radius 2 is 2.07 bits per heavy atom. The fourth-order valence-electron chi connectivity index (χ4n) is 3.14. The number of nitriles is 1. The zero-order valence-electron chi connectivity index (χ0n) is 14.8. The summed E-state index contributed by atoms with van der Waals surface area (Å²) in [5.74, 6) is 1.57. The van der Waals surface area contributed by atoms with E-state index in [-0.39, 0.29) is 0 Å². The Kier molecular flexibility index (Phi) is 4.61. The average molecular weight is 377 g/mol. The SMILES string of the molecule is Cc1ccc(Nc2ncnc3c2CCN(c2ccc(C#N)c(Cl)c2)C3)nc1. The Hall–Kier alpha value is -3.17. The van der Waals surface area contributed by atoms with Crippen LogP contribution in [-0.4, -0.2) is 21.5 Å². The number of nitrogens with zero attached hydrogens (tertiary/aromatic N) is 5. The van der Waals surface area contributed by atoms with Crippen molar-refractivity contribution >= 4 is 28.9 Å². The van der Waals surface area contributed by atoms with Gasteiger partial charge in [-0.15, -0.1) is 0 Å². The quantitative estimate of drug-likeness (QED) is 0.744. The topological polar surface area (TPSA) is 77.7 Å². The fourth-order valence-corrected chi connectivity index (χ4v) is 3.35. The number of nitrogens with one attached hydrogen (secondary N) is 1. The Labute approximate surface area is 162 Å². The van der Waals surface area contributed by atoms with Gasteiger partial charge in [-0.3, -0.25) is 0 Å². The average Bonchev–Trinajstić information content (AvgIpc) is 2.69. The maximum Gasteiger partial charge on any atom is 0.138 e. The van der Waals surface area contributed by atoms with Crippen molar-refractivity contribution in [3.8, 4) is 6.07 Å². The van der Waals surface area contributed by atoms with Gasteiger partial charge in [-0.1, -0.05) is 17.7 Å². The normalized spacial score (nSPS) is 13.0. The van der Waals surface area contributed by atoms with Crippen LogP contribution >= 0.6 is 11.6 Å². The zero-order chi connectivity index (χ0) is 18.8. The second-order valence-corrected chi connectivity index (χ2v) is 6.85. The molecular formula is C20H17ClN6. The van der Waals surface area contributed by atoms with Gasteiger partial charge in [0, 0.05) is 24.0 Å². The lowest BCUT2D eigenvalue weighted by Crippen LogP contribution is -2.31. The van der Waals surface area contributed by atoms with Crippen LogP contribution in [0.4, 0.5) is 17.3 Å². The van der Waals surface area contributed by atoms with Gasteiger partial charge in [-0.25, -0.2) is 15.0 Å². The van der Waals surface area contributed by atoms with E-state index in [1.54, 1.807) is 12.4 Å². The zero-order valence-corrected chi connectivity index (χ0v) is 15.5. The van der Waals surface area contributed by atoms with Crippen LogP contribution < -0.4 is 10.2 Å². The van der Waals surface area contributed by atoms with E-state index in [0.717, 1.165) is 47.1 Å². The lowest BCUT2D eigenvalue weighted by atomic mass is 10.0. The summed E-state index contributed by atoms with van der Waals surface area (Å²) in [5, 5.41) is 12.8. The number of benzene rings is 1. The van der Waals surface area contributed by atoms with E-state index in [4.69, 9.17) is 16.9 Å². The third-order valence-electron chi connectivity index (χ3n) is 4.60. The Morgan fingerprint density at radius 1 is 1.19 bits per heavy atom. The second-order valence-electron chi connectivity index (χ2n) is 6.44. The molecule has 3 aromatic rings.